The molecule has 3 nitrogen and oxygen atoms in total. The fourth-order valence-corrected chi connectivity index (χ4v) is 1.36. The molecule has 0 spiro atoms. The zero-order valence-electron chi connectivity index (χ0n) is 8.77. The summed E-state index contributed by atoms with van der Waals surface area (Å²) in [7, 11) is 1.60. The minimum Gasteiger partial charge on any atom is -0.394 e. The normalized spacial score (nSPS) is 12.3. The standard InChI is InChI=1S/C11H14FNO2/c1-8(15)13(2)11(7-14)9-3-5-10(12)6-4-9/h3-6,11,14H,7H2,1-2H3. The van der Waals surface area contributed by atoms with Gasteiger partial charge < -0.3 is 10.0 Å². The fourth-order valence-electron chi connectivity index (χ4n) is 1.36. The van der Waals surface area contributed by atoms with Gasteiger partial charge in [0.25, 0.3) is 0 Å². The summed E-state index contributed by atoms with van der Waals surface area (Å²) >= 11 is 0. The minimum atomic E-state index is -0.414. The Morgan fingerprint density at radius 2 is 2.00 bits per heavy atom. The van der Waals surface area contributed by atoms with Crippen molar-refractivity contribution in [2.24, 2.45) is 0 Å². The quantitative estimate of drug-likeness (QED) is 0.819. The van der Waals surface area contributed by atoms with Gasteiger partial charge in [-0.2, -0.15) is 0 Å². The van der Waals surface area contributed by atoms with Crippen molar-refractivity contribution in [3.05, 3.63) is 35.6 Å². The van der Waals surface area contributed by atoms with E-state index in [9.17, 15) is 14.3 Å². The summed E-state index contributed by atoms with van der Waals surface area (Å²) in [6.07, 6.45) is 0. The maximum atomic E-state index is 12.7. The summed E-state index contributed by atoms with van der Waals surface area (Å²) < 4.78 is 12.7. The number of halogens is 1. The Bertz CT molecular complexity index is 337. The Balaban J connectivity index is 2.92. The molecule has 0 aliphatic carbocycles. The third-order valence-electron chi connectivity index (χ3n) is 2.39. The summed E-state index contributed by atoms with van der Waals surface area (Å²) in [5.41, 5.74) is 0.719. The second-order valence-electron chi connectivity index (χ2n) is 3.38. The van der Waals surface area contributed by atoms with Crippen LogP contribution in [0.5, 0.6) is 0 Å². The van der Waals surface area contributed by atoms with Crippen molar-refractivity contribution in [1.82, 2.24) is 4.90 Å². The lowest BCUT2D eigenvalue weighted by molar-refractivity contribution is -0.130. The van der Waals surface area contributed by atoms with Crippen molar-refractivity contribution in [3.8, 4) is 0 Å². The molecule has 4 heteroatoms. The summed E-state index contributed by atoms with van der Waals surface area (Å²) in [4.78, 5) is 12.5. The Morgan fingerprint density at radius 1 is 1.47 bits per heavy atom. The molecule has 0 aliphatic rings. The van der Waals surface area contributed by atoms with Gasteiger partial charge in [0.05, 0.1) is 12.6 Å². The molecule has 82 valence electrons. The zero-order chi connectivity index (χ0) is 11.4. The molecule has 0 bridgehead atoms. The smallest absolute Gasteiger partial charge is 0.219 e. The molecule has 0 fully saturated rings. The van der Waals surface area contributed by atoms with E-state index in [1.54, 1.807) is 19.2 Å². The van der Waals surface area contributed by atoms with E-state index < -0.39 is 6.04 Å². The van der Waals surface area contributed by atoms with Gasteiger partial charge in [0.1, 0.15) is 5.82 Å². The first-order valence-electron chi connectivity index (χ1n) is 4.66. The van der Waals surface area contributed by atoms with Crippen LogP contribution in [0.4, 0.5) is 4.39 Å². The number of amides is 1. The number of carbonyl (C=O) groups excluding carboxylic acids is 1. The lowest BCUT2D eigenvalue weighted by Gasteiger charge is -2.25. The van der Waals surface area contributed by atoms with Crippen LogP contribution >= 0.6 is 0 Å². The van der Waals surface area contributed by atoms with Gasteiger partial charge in [-0.25, -0.2) is 4.39 Å². The summed E-state index contributed by atoms with van der Waals surface area (Å²) in [6.45, 7) is 1.24. The van der Waals surface area contributed by atoms with Crippen LogP contribution in [0.2, 0.25) is 0 Å². The van der Waals surface area contributed by atoms with Gasteiger partial charge in [-0.3, -0.25) is 4.79 Å². The Hall–Kier alpha value is -1.42. The van der Waals surface area contributed by atoms with Crippen molar-refractivity contribution >= 4 is 5.91 Å². The number of rotatable bonds is 3. The molecule has 0 radical (unpaired) electrons. The zero-order valence-corrected chi connectivity index (χ0v) is 8.77. The van der Waals surface area contributed by atoms with E-state index in [0.29, 0.717) is 0 Å². The van der Waals surface area contributed by atoms with Gasteiger partial charge >= 0.3 is 0 Å². The van der Waals surface area contributed by atoms with E-state index in [2.05, 4.69) is 0 Å². The Morgan fingerprint density at radius 3 is 2.40 bits per heavy atom. The number of hydrogen-bond donors (Lipinski definition) is 1. The molecule has 1 aromatic carbocycles. The third-order valence-corrected chi connectivity index (χ3v) is 2.39. The van der Waals surface area contributed by atoms with Gasteiger partial charge in [0, 0.05) is 14.0 Å². The van der Waals surface area contributed by atoms with Crippen molar-refractivity contribution in [2.45, 2.75) is 13.0 Å². The number of carbonyl (C=O) groups is 1. The molecule has 1 rings (SSSR count). The van der Waals surface area contributed by atoms with Crippen molar-refractivity contribution < 1.29 is 14.3 Å². The molecule has 1 aromatic rings. The summed E-state index contributed by atoms with van der Waals surface area (Å²) in [5.74, 6) is -0.473. The second kappa shape index (κ2) is 4.89. The van der Waals surface area contributed by atoms with Crippen molar-refractivity contribution in [2.75, 3.05) is 13.7 Å². The van der Waals surface area contributed by atoms with Crippen LogP contribution in [-0.4, -0.2) is 29.6 Å². The van der Waals surface area contributed by atoms with Crippen LogP contribution < -0.4 is 0 Å². The second-order valence-corrected chi connectivity index (χ2v) is 3.38. The Kier molecular flexibility index (Phi) is 3.80. The molecule has 0 heterocycles. The number of aliphatic hydroxyl groups is 1. The number of nitrogens with zero attached hydrogens (tertiary/aromatic N) is 1. The molecule has 1 amide bonds. The highest BCUT2D eigenvalue weighted by molar-refractivity contribution is 5.73. The van der Waals surface area contributed by atoms with Gasteiger partial charge in [0.2, 0.25) is 5.91 Å². The van der Waals surface area contributed by atoms with Crippen LogP contribution in [0.1, 0.15) is 18.5 Å². The van der Waals surface area contributed by atoms with E-state index >= 15 is 0 Å². The largest absolute Gasteiger partial charge is 0.394 e. The number of aliphatic hydroxyl groups excluding tert-OH is 1. The predicted octanol–water partition coefficient (Wildman–Crippen LogP) is 1.34. The van der Waals surface area contributed by atoms with Gasteiger partial charge in [0.15, 0.2) is 0 Å². The van der Waals surface area contributed by atoms with E-state index in [1.165, 1.54) is 24.0 Å². The van der Waals surface area contributed by atoms with Crippen molar-refractivity contribution in [3.63, 3.8) is 0 Å². The number of hydrogen-bond acceptors (Lipinski definition) is 2. The molecule has 1 N–H and O–H groups in total. The highest BCUT2D eigenvalue weighted by Gasteiger charge is 2.17. The van der Waals surface area contributed by atoms with E-state index in [-0.39, 0.29) is 18.3 Å². The lowest BCUT2D eigenvalue weighted by atomic mass is 10.1. The maximum absolute atomic E-state index is 12.7. The van der Waals surface area contributed by atoms with Crippen LogP contribution in [0.15, 0.2) is 24.3 Å². The number of likely N-dealkylation sites (N-methyl/N-ethyl adjacent to an activating group) is 1. The SMILES string of the molecule is CC(=O)N(C)C(CO)c1ccc(F)cc1. The fraction of sp³-hybridized carbons (Fsp3) is 0.364. The van der Waals surface area contributed by atoms with Gasteiger partial charge in [-0.1, -0.05) is 12.1 Å². The third kappa shape index (κ3) is 2.76. The molecule has 0 saturated heterocycles. The van der Waals surface area contributed by atoms with Crippen LogP contribution in [-0.2, 0) is 4.79 Å². The highest BCUT2D eigenvalue weighted by atomic mass is 19.1. The first-order chi connectivity index (χ1) is 7.06. The van der Waals surface area contributed by atoms with E-state index in [4.69, 9.17) is 0 Å². The summed E-state index contributed by atoms with van der Waals surface area (Å²) in [5, 5.41) is 9.18. The molecule has 0 aliphatic heterocycles. The topological polar surface area (TPSA) is 40.5 Å². The van der Waals surface area contributed by atoms with Gasteiger partial charge in [-0.15, -0.1) is 0 Å². The van der Waals surface area contributed by atoms with Crippen LogP contribution in [0, 0.1) is 5.82 Å². The first kappa shape index (κ1) is 11.7. The molecule has 0 aromatic heterocycles. The van der Waals surface area contributed by atoms with Crippen molar-refractivity contribution in [1.29, 1.82) is 0 Å². The molecular weight excluding hydrogens is 197 g/mol. The van der Waals surface area contributed by atoms with Crippen LogP contribution in [0.3, 0.4) is 0 Å². The molecule has 15 heavy (non-hydrogen) atoms. The van der Waals surface area contributed by atoms with E-state index in [0.717, 1.165) is 5.56 Å². The average Bonchev–Trinajstić information content (AvgIpc) is 2.21. The monoisotopic (exact) mass is 211 g/mol. The highest BCUT2D eigenvalue weighted by Crippen LogP contribution is 2.19. The number of benzene rings is 1. The molecule has 1 atom stereocenters. The maximum Gasteiger partial charge on any atom is 0.219 e. The molecular formula is C11H14FNO2. The summed E-state index contributed by atoms with van der Waals surface area (Å²) in [6, 6.07) is 5.34. The lowest BCUT2D eigenvalue weighted by Crippen LogP contribution is -2.31. The first-order valence-corrected chi connectivity index (χ1v) is 4.66. The molecule has 0 saturated carbocycles. The molecule has 1 unspecified atom stereocenters. The van der Waals surface area contributed by atoms with E-state index in [1.807, 2.05) is 0 Å². The van der Waals surface area contributed by atoms with Crippen LogP contribution in [0.25, 0.3) is 0 Å². The minimum absolute atomic E-state index is 0.140. The Labute approximate surface area is 88.1 Å². The predicted molar refractivity (Wildman–Crippen MR) is 54.7 cm³/mol. The van der Waals surface area contributed by atoms with Gasteiger partial charge in [-0.05, 0) is 17.7 Å². The average molecular weight is 211 g/mol.